The molecule has 0 amide bonds. The summed E-state index contributed by atoms with van der Waals surface area (Å²) in [6, 6.07) is 4.09. The zero-order valence-electron chi connectivity index (χ0n) is 10.5. The predicted molar refractivity (Wildman–Crippen MR) is 84.4 cm³/mol. The third-order valence-electron chi connectivity index (χ3n) is 2.57. The molecule has 100 valence electrons. The van der Waals surface area contributed by atoms with Crippen LogP contribution in [0.4, 0.5) is 17.5 Å². The molecule has 2 aromatic rings. The second kappa shape index (κ2) is 5.85. The summed E-state index contributed by atoms with van der Waals surface area (Å²) < 4.78 is 1.88. The van der Waals surface area contributed by atoms with Gasteiger partial charge in [0.2, 0.25) is 5.95 Å². The number of hydrogen-bond acceptors (Lipinski definition) is 5. The van der Waals surface area contributed by atoms with Gasteiger partial charge in [-0.25, -0.2) is 10.8 Å². The van der Waals surface area contributed by atoms with Crippen LogP contribution >= 0.6 is 31.9 Å². The van der Waals surface area contributed by atoms with Crippen molar-refractivity contribution >= 4 is 49.3 Å². The summed E-state index contributed by atoms with van der Waals surface area (Å²) in [6.45, 7) is 4.09. The van der Waals surface area contributed by atoms with Crippen molar-refractivity contribution in [2.24, 2.45) is 5.84 Å². The van der Waals surface area contributed by atoms with E-state index < -0.39 is 0 Å². The maximum absolute atomic E-state index is 5.31. The monoisotopic (exact) mass is 385 g/mol. The summed E-state index contributed by atoms with van der Waals surface area (Å²) in [5, 5.41) is 3.24. The van der Waals surface area contributed by atoms with Gasteiger partial charge in [-0.3, -0.25) is 5.43 Å². The number of nitrogens with one attached hydrogen (secondary N) is 2. The largest absolute Gasteiger partial charge is 0.339 e. The number of rotatable bonds is 3. The van der Waals surface area contributed by atoms with E-state index in [2.05, 4.69) is 52.6 Å². The second-order valence-corrected chi connectivity index (χ2v) is 5.73. The summed E-state index contributed by atoms with van der Waals surface area (Å²) >= 11 is 6.95. The molecule has 0 unspecified atom stereocenters. The Hall–Kier alpha value is -1.18. The Bertz CT molecular complexity index is 592. The van der Waals surface area contributed by atoms with Crippen LogP contribution in [-0.4, -0.2) is 9.97 Å². The molecule has 1 aromatic heterocycles. The molecule has 4 N–H and O–H groups in total. The van der Waals surface area contributed by atoms with Crippen molar-refractivity contribution in [2.75, 3.05) is 10.7 Å². The number of hydrogen-bond donors (Lipinski definition) is 3. The van der Waals surface area contributed by atoms with Crippen molar-refractivity contribution < 1.29 is 0 Å². The Labute approximate surface area is 128 Å². The Balaban J connectivity index is 2.36. The molecule has 0 aliphatic carbocycles. The Kier molecular flexibility index (Phi) is 4.38. The quantitative estimate of drug-likeness (QED) is 0.554. The van der Waals surface area contributed by atoms with Crippen LogP contribution in [0.1, 0.15) is 11.1 Å². The first-order valence-corrected chi connectivity index (χ1v) is 7.13. The first-order valence-electron chi connectivity index (χ1n) is 5.54. The minimum Gasteiger partial charge on any atom is -0.339 e. The number of nitrogens with zero attached hydrogens (tertiary/aromatic N) is 2. The van der Waals surface area contributed by atoms with Crippen LogP contribution in [0.5, 0.6) is 0 Å². The number of aromatic nitrogens is 2. The first kappa shape index (κ1) is 14.2. The fourth-order valence-corrected chi connectivity index (χ4v) is 2.20. The standard InChI is InChI=1S/C12H13Br2N5/c1-6-3-8(4-7(2)10(6)14)17-11-9(13)5-16-12(18-11)19-15/h3-5H,15H2,1-2H3,(H2,16,17,18,19). The van der Waals surface area contributed by atoms with E-state index in [1.165, 1.54) is 0 Å². The molecular weight excluding hydrogens is 374 g/mol. The Morgan fingerprint density at radius 2 is 1.79 bits per heavy atom. The molecule has 0 aliphatic heterocycles. The van der Waals surface area contributed by atoms with Crippen LogP contribution in [0.2, 0.25) is 0 Å². The summed E-state index contributed by atoms with van der Waals surface area (Å²) in [6.07, 6.45) is 1.64. The summed E-state index contributed by atoms with van der Waals surface area (Å²) in [4.78, 5) is 8.26. The van der Waals surface area contributed by atoms with Gasteiger partial charge in [0.25, 0.3) is 0 Å². The zero-order chi connectivity index (χ0) is 14.0. The number of nitrogen functional groups attached to an aromatic ring is 1. The van der Waals surface area contributed by atoms with Crippen molar-refractivity contribution in [3.8, 4) is 0 Å². The van der Waals surface area contributed by atoms with Gasteiger partial charge in [0.05, 0.1) is 4.47 Å². The lowest BCUT2D eigenvalue weighted by atomic mass is 10.1. The smallest absolute Gasteiger partial charge is 0.239 e. The second-order valence-electron chi connectivity index (χ2n) is 4.08. The van der Waals surface area contributed by atoms with Gasteiger partial charge in [0.1, 0.15) is 5.82 Å². The lowest BCUT2D eigenvalue weighted by Gasteiger charge is -2.11. The molecule has 0 saturated heterocycles. The maximum Gasteiger partial charge on any atom is 0.239 e. The van der Waals surface area contributed by atoms with Gasteiger partial charge in [0, 0.05) is 16.4 Å². The van der Waals surface area contributed by atoms with Gasteiger partial charge in [-0.05, 0) is 53.0 Å². The van der Waals surface area contributed by atoms with Gasteiger partial charge >= 0.3 is 0 Å². The molecule has 0 saturated carbocycles. The zero-order valence-corrected chi connectivity index (χ0v) is 13.6. The van der Waals surface area contributed by atoms with Crippen molar-refractivity contribution in [2.45, 2.75) is 13.8 Å². The topological polar surface area (TPSA) is 75.9 Å². The fraction of sp³-hybridized carbons (Fsp3) is 0.167. The molecule has 1 heterocycles. The van der Waals surface area contributed by atoms with E-state index in [4.69, 9.17) is 5.84 Å². The third kappa shape index (κ3) is 3.23. The first-order chi connectivity index (χ1) is 9.01. The lowest BCUT2D eigenvalue weighted by Crippen LogP contribution is -2.11. The van der Waals surface area contributed by atoms with E-state index in [1.807, 2.05) is 26.0 Å². The van der Waals surface area contributed by atoms with Gasteiger partial charge < -0.3 is 5.32 Å². The van der Waals surface area contributed by atoms with E-state index in [9.17, 15) is 0 Å². The van der Waals surface area contributed by atoms with Crippen LogP contribution in [0.15, 0.2) is 27.3 Å². The molecule has 1 aromatic carbocycles. The van der Waals surface area contributed by atoms with E-state index in [0.29, 0.717) is 11.8 Å². The van der Waals surface area contributed by atoms with Gasteiger partial charge in [-0.2, -0.15) is 4.98 Å². The van der Waals surface area contributed by atoms with Crippen molar-refractivity contribution in [3.63, 3.8) is 0 Å². The molecule has 0 radical (unpaired) electrons. The Morgan fingerprint density at radius 1 is 1.16 bits per heavy atom. The third-order valence-corrected chi connectivity index (χ3v) is 4.40. The highest BCUT2D eigenvalue weighted by Crippen LogP contribution is 2.29. The SMILES string of the molecule is Cc1cc(Nc2nc(NN)ncc2Br)cc(C)c1Br. The van der Waals surface area contributed by atoms with E-state index in [-0.39, 0.29) is 0 Å². The molecule has 19 heavy (non-hydrogen) atoms. The molecule has 0 bridgehead atoms. The summed E-state index contributed by atoms with van der Waals surface area (Å²) in [5.41, 5.74) is 5.70. The van der Waals surface area contributed by atoms with E-state index >= 15 is 0 Å². The number of halogens is 2. The van der Waals surface area contributed by atoms with Crippen LogP contribution in [0.3, 0.4) is 0 Å². The van der Waals surface area contributed by atoms with Crippen LogP contribution in [-0.2, 0) is 0 Å². The van der Waals surface area contributed by atoms with Gasteiger partial charge in [0.15, 0.2) is 0 Å². The highest BCUT2D eigenvalue weighted by atomic mass is 79.9. The highest BCUT2D eigenvalue weighted by molar-refractivity contribution is 9.11. The van der Waals surface area contributed by atoms with Gasteiger partial charge in [-0.1, -0.05) is 15.9 Å². The number of benzene rings is 1. The number of nitrogens with two attached hydrogens (primary N) is 1. The number of hydrazine groups is 1. The molecule has 0 fully saturated rings. The average molecular weight is 387 g/mol. The van der Waals surface area contributed by atoms with Crippen LogP contribution < -0.4 is 16.6 Å². The predicted octanol–water partition coefficient (Wildman–Crippen LogP) is 3.65. The highest BCUT2D eigenvalue weighted by Gasteiger charge is 2.07. The molecule has 5 nitrogen and oxygen atoms in total. The summed E-state index contributed by atoms with van der Waals surface area (Å²) in [5.74, 6) is 6.32. The number of aryl methyl sites for hydroxylation is 2. The van der Waals surface area contributed by atoms with Crippen LogP contribution in [0.25, 0.3) is 0 Å². The average Bonchev–Trinajstić information content (AvgIpc) is 2.38. The molecule has 0 spiro atoms. The van der Waals surface area contributed by atoms with Gasteiger partial charge in [-0.15, -0.1) is 0 Å². The van der Waals surface area contributed by atoms with Crippen molar-refractivity contribution in [1.29, 1.82) is 0 Å². The molecule has 7 heteroatoms. The van der Waals surface area contributed by atoms with E-state index in [0.717, 1.165) is 25.8 Å². The van der Waals surface area contributed by atoms with Crippen molar-refractivity contribution in [3.05, 3.63) is 38.4 Å². The van der Waals surface area contributed by atoms with E-state index in [1.54, 1.807) is 6.20 Å². The molecule has 0 atom stereocenters. The normalized spacial score (nSPS) is 10.4. The minimum atomic E-state index is 0.358. The molecule has 2 rings (SSSR count). The molecular formula is C12H13Br2N5. The molecule has 0 aliphatic rings. The lowest BCUT2D eigenvalue weighted by molar-refractivity contribution is 1.11. The Morgan fingerprint density at radius 3 is 2.37 bits per heavy atom. The van der Waals surface area contributed by atoms with Crippen molar-refractivity contribution in [1.82, 2.24) is 9.97 Å². The summed E-state index contributed by atoms with van der Waals surface area (Å²) in [7, 11) is 0. The number of anilines is 3. The minimum absolute atomic E-state index is 0.358. The fourth-order valence-electron chi connectivity index (χ4n) is 1.68. The van der Waals surface area contributed by atoms with Crippen LogP contribution in [0, 0.1) is 13.8 Å². The maximum atomic E-state index is 5.31.